The number of carbonyl (C=O) groups is 1. The van der Waals surface area contributed by atoms with Gasteiger partial charge in [0.1, 0.15) is 0 Å². The van der Waals surface area contributed by atoms with Crippen LogP contribution in [0, 0.1) is 0 Å². The Morgan fingerprint density at radius 1 is 1.12 bits per heavy atom. The fourth-order valence-corrected chi connectivity index (χ4v) is 2.91. The van der Waals surface area contributed by atoms with Crippen LogP contribution in [-0.2, 0) is 6.18 Å². The summed E-state index contributed by atoms with van der Waals surface area (Å²) in [6.07, 6.45) is -1.93. The van der Waals surface area contributed by atoms with Crippen molar-refractivity contribution in [2.24, 2.45) is 0 Å². The molecule has 3 rings (SSSR count). The molecule has 0 aliphatic carbocycles. The average molecular weight is 377 g/mol. The van der Waals surface area contributed by atoms with Gasteiger partial charge in [0.2, 0.25) is 0 Å². The second-order valence-electron chi connectivity index (χ2n) is 5.34. The fraction of sp³-hybridized carbons (Fsp3) is 0.111. The van der Waals surface area contributed by atoms with E-state index in [1.54, 1.807) is 36.4 Å². The van der Waals surface area contributed by atoms with Gasteiger partial charge in [0.15, 0.2) is 5.69 Å². The quantitative estimate of drug-likeness (QED) is 0.660. The third-order valence-electron chi connectivity index (χ3n) is 3.61. The lowest BCUT2D eigenvalue weighted by molar-refractivity contribution is -0.143. The molecule has 0 spiro atoms. The van der Waals surface area contributed by atoms with E-state index in [9.17, 15) is 18.0 Å². The smallest absolute Gasteiger partial charge is 0.322 e. The van der Waals surface area contributed by atoms with Crippen molar-refractivity contribution in [3.63, 3.8) is 0 Å². The number of hydrogen-bond donors (Lipinski definition) is 1. The van der Waals surface area contributed by atoms with Crippen LogP contribution in [0.3, 0.4) is 0 Å². The number of aromatic nitrogens is 2. The van der Waals surface area contributed by atoms with Gasteiger partial charge >= 0.3 is 6.18 Å². The first kappa shape index (κ1) is 18.1. The second kappa shape index (κ2) is 7.25. The highest BCUT2D eigenvalue weighted by Crippen LogP contribution is 2.34. The van der Waals surface area contributed by atoms with Crippen molar-refractivity contribution in [3.05, 3.63) is 72.1 Å². The molecule has 0 saturated carbocycles. The highest BCUT2D eigenvalue weighted by molar-refractivity contribution is 7.98. The molecule has 0 saturated heterocycles. The number of halogens is 3. The van der Waals surface area contributed by atoms with Crippen molar-refractivity contribution in [1.82, 2.24) is 9.78 Å². The zero-order chi connectivity index (χ0) is 18.7. The first-order valence-electron chi connectivity index (χ1n) is 7.56. The summed E-state index contributed by atoms with van der Waals surface area (Å²) in [5.74, 6) is -0.863. The van der Waals surface area contributed by atoms with Gasteiger partial charge < -0.3 is 5.32 Å². The van der Waals surface area contributed by atoms with Crippen molar-refractivity contribution < 1.29 is 18.0 Å². The first-order valence-corrected chi connectivity index (χ1v) is 8.78. The van der Waals surface area contributed by atoms with E-state index >= 15 is 0 Å². The number of amides is 1. The number of rotatable bonds is 4. The maximum Gasteiger partial charge on any atom is 0.434 e. The lowest BCUT2D eigenvalue weighted by Gasteiger charge is -2.13. The summed E-state index contributed by atoms with van der Waals surface area (Å²) in [5.41, 5.74) is -0.996. The highest BCUT2D eigenvalue weighted by Gasteiger charge is 2.40. The van der Waals surface area contributed by atoms with Gasteiger partial charge in [-0.3, -0.25) is 4.79 Å². The molecule has 134 valence electrons. The van der Waals surface area contributed by atoms with Crippen molar-refractivity contribution in [2.75, 3.05) is 11.6 Å². The van der Waals surface area contributed by atoms with Gasteiger partial charge in [0.05, 0.1) is 17.4 Å². The van der Waals surface area contributed by atoms with Crippen LogP contribution in [0.2, 0.25) is 0 Å². The fourth-order valence-electron chi connectivity index (χ4n) is 2.45. The summed E-state index contributed by atoms with van der Waals surface area (Å²) in [4.78, 5) is 13.3. The third kappa shape index (κ3) is 3.75. The Hall–Kier alpha value is -2.74. The largest absolute Gasteiger partial charge is 0.434 e. The predicted molar refractivity (Wildman–Crippen MR) is 94.7 cm³/mol. The molecule has 0 unspecified atom stereocenters. The van der Waals surface area contributed by atoms with E-state index in [1.807, 2.05) is 12.3 Å². The molecule has 1 amide bonds. The van der Waals surface area contributed by atoms with Crippen molar-refractivity contribution >= 4 is 23.4 Å². The summed E-state index contributed by atoms with van der Waals surface area (Å²) >= 11 is 1.47. The highest BCUT2D eigenvalue weighted by atomic mass is 32.2. The minimum atomic E-state index is -4.74. The third-order valence-corrected chi connectivity index (χ3v) is 4.34. The number of nitrogens with one attached hydrogen (secondary N) is 1. The van der Waals surface area contributed by atoms with Gasteiger partial charge in [-0.1, -0.05) is 24.3 Å². The number of alkyl halides is 3. The Bertz CT molecular complexity index is 923. The Labute approximate surface area is 152 Å². The number of carbonyl (C=O) groups excluding carboxylic acids is 1. The standard InChI is InChI=1S/C18H14F3N3OS/c1-26-14-9-5-6-12(10-14)23-17(25)15-11-22-24(16(15)18(19,20)21)13-7-3-2-4-8-13/h2-11H,1H3,(H,23,25). The molecule has 4 nitrogen and oxygen atoms in total. The Balaban J connectivity index is 1.99. The molecule has 0 aliphatic heterocycles. The topological polar surface area (TPSA) is 46.9 Å². The van der Waals surface area contributed by atoms with E-state index in [2.05, 4.69) is 10.4 Å². The van der Waals surface area contributed by atoms with Crippen LogP contribution in [-0.4, -0.2) is 21.9 Å². The van der Waals surface area contributed by atoms with Crippen LogP contribution in [0.15, 0.2) is 65.7 Å². The number of para-hydroxylation sites is 1. The van der Waals surface area contributed by atoms with E-state index in [0.29, 0.717) is 5.69 Å². The average Bonchev–Trinajstić information content (AvgIpc) is 3.08. The summed E-state index contributed by atoms with van der Waals surface area (Å²) in [6.45, 7) is 0. The van der Waals surface area contributed by atoms with Crippen molar-refractivity contribution in [3.8, 4) is 5.69 Å². The van der Waals surface area contributed by atoms with E-state index in [1.165, 1.54) is 23.9 Å². The van der Waals surface area contributed by atoms with Crippen molar-refractivity contribution in [1.29, 1.82) is 0 Å². The minimum Gasteiger partial charge on any atom is -0.322 e. The van der Waals surface area contributed by atoms with Gasteiger partial charge in [0.25, 0.3) is 5.91 Å². The number of hydrogen-bond acceptors (Lipinski definition) is 3. The minimum absolute atomic E-state index is 0.225. The van der Waals surface area contributed by atoms with Crippen molar-refractivity contribution in [2.45, 2.75) is 11.1 Å². The van der Waals surface area contributed by atoms with Crippen LogP contribution in [0.4, 0.5) is 18.9 Å². The number of anilines is 1. The van der Waals surface area contributed by atoms with Gasteiger partial charge in [0, 0.05) is 10.6 Å². The van der Waals surface area contributed by atoms with Crippen LogP contribution < -0.4 is 5.32 Å². The van der Waals surface area contributed by atoms with E-state index < -0.39 is 23.3 Å². The molecule has 0 bridgehead atoms. The maximum atomic E-state index is 13.6. The summed E-state index contributed by atoms with van der Waals surface area (Å²) < 4.78 is 41.5. The Kier molecular flexibility index (Phi) is 5.03. The molecule has 3 aromatic rings. The molecule has 8 heteroatoms. The number of nitrogens with zero attached hydrogens (tertiary/aromatic N) is 2. The summed E-state index contributed by atoms with van der Waals surface area (Å²) in [5, 5.41) is 6.29. The molecule has 2 aromatic carbocycles. The van der Waals surface area contributed by atoms with E-state index in [0.717, 1.165) is 15.8 Å². The molecule has 0 aliphatic rings. The molecular weight excluding hydrogens is 363 g/mol. The molecule has 0 fully saturated rings. The SMILES string of the molecule is CSc1cccc(NC(=O)c2cnn(-c3ccccc3)c2C(F)(F)F)c1. The van der Waals surface area contributed by atoms with Crippen LogP contribution in [0.1, 0.15) is 16.1 Å². The zero-order valence-corrected chi connectivity index (χ0v) is 14.4. The van der Waals surface area contributed by atoms with Gasteiger partial charge in [-0.25, -0.2) is 4.68 Å². The molecule has 0 atom stereocenters. The van der Waals surface area contributed by atoms with Gasteiger partial charge in [-0.2, -0.15) is 18.3 Å². The number of thioether (sulfide) groups is 1. The van der Waals surface area contributed by atoms with E-state index in [4.69, 9.17) is 0 Å². The van der Waals surface area contributed by atoms with Gasteiger partial charge in [-0.15, -0.1) is 11.8 Å². The zero-order valence-electron chi connectivity index (χ0n) is 13.6. The van der Waals surface area contributed by atoms with Crippen LogP contribution in [0.25, 0.3) is 5.69 Å². The first-order chi connectivity index (χ1) is 12.4. The lowest BCUT2D eigenvalue weighted by Crippen LogP contribution is -2.20. The van der Waals surface area contributed by atoms with Crippen LogP contribution >= 0.6 is 11.8 Å². The predicted octanol–water partition coefficient (Wildman–Crippen LogP) is 4.87. The lowest BCUT2D eigenvalue weighted by atomic mass is 10.2. The molecular formula is C18H14F3N3OS. The van der Waals surface area contributed by atoms with Gasteiger partial charge in [-0.05, 0) is 36.6 Å². The molecule has 1 heterocycles. The number of benzene rings is 2. The molecule has 0 radical (unpaired) electrons. The monoisotopic (exact) mass is 377 g/mol. The molecule has 1 N–H and O–H groups in total. The normalized spacial score (nSPS) is 11.4. The molecule has 26 heavy (non-hydrogen) atoms. The summed E-state index contributed by atoms with van der Waals surface area (Å²) in [6, 6.07) is 14.7. The summed E-state index contributed by atoms with van der Waals surface area (Å²) in [7, 11) is 0. The second-order valence-corrected chi connectivity index (χ2v) is 6.22. The Morgan fingerprint density at radius 3 is 2.50 bits per heavy atom. The van der Waals surface area contributed by atoms with E-state index in [-0.39, 0.29) is 5.69 Å². The molecule has 1 aromatic heterocycles. The van der Waals surface area contributed by atoms with Crippen LogP contribution in [0.5, 0.6) is 0 Å². The maximum absolute atomic E-state index is 13.6. The Morgan fingerprint density at radius 2 is 1.85 bits per heavy atom.